The first-order valence-electron chi connectivity index (χ1n) is 13.1. The van der Waals surface area contributed by atoms with Gasteiger partial charge in [-0.1, -0.05) is 65.7 Å². The van der Waals surface area contributed by atoms with Crippen molar-refractivity contribution in [2.75, 3.05) is 10.6 Å². The first kappa shape index (κ1) is 30.9. The zero-order valence-electron chi connectivity index (χ0n) is 23.2. The third-order valence-corrected chi connectivity index (χ3v) is 8.21. The summed E-state index contributed by atoms with van der Waals surface area (Å²) in [5, 5.41) is 8.77. The van der Waals surface area contributed by atoms with Gasteiger partial charge in [-0.15, -0.1) is 11.8 Å². The predicted octanol–water partition coefficient (Wildman–Crippen LogP) is 8.14. The number of thioether (sulfide) groups is 1. The molecule has 3 amide bonds. The van der Waals surface area contributed by atoms with Crippen molar-refractivity contribution in [1.29, 1.82) is 0 Å². The summed E-state index contributed by atoms with van der Waals surface area (Å²) >= 11 is 14.1. The molecule has 3 N–H and O–H groups in total. The van der Waals surface area contributed by atoms with E-state index < -0.39 is 17.1 Å². The van der Waals surface area contributed by atoms with E-state index in [9.17, 15) is 14.4 Å². The van der Waals surface area contributed by atoms with Gasteiger partial charge in [0.05, 0.1) is 5.25 Å². The number of carbonyl (C=O) groups excluding carboxylic acids is 3. The molecule has 1 atom stereocenters. The zero-order valence-corrected chi connectivity index (χ0v) is 25.5. The lowest BCUT2D eigenvalue weighted by molar-refractivity contribution is -0.115. The Kier molecular flexibility index (Phi) is 10.5. The summed E-state index contributed by atoms with van der Waals surface area (Å²) in [6.45, 7) is 5.79. The van der Waals surface area contributed by atoms with E-state index in [4.69, 9.17) is 23.2 Å². The molecule has 4 aromatic rings. The highest BCUT2D eigenvalue weighted by molar-refractivity contribution is 8.00. The summed E-state index contributed by atoms with van der Waals surface area (Å²) in [7, 11) is 0. The largest absolute Gasteiger partial charge is 0.325 e. The number of anilines is 2. The maximum atomic E-state index is 13.5. The minimum atomic E-state index is -0.571. The summed E-state index contributed by atoms with van der Waals surface area (Å²) in [5.41, 5.74) is 4.12. The van der Waals surface area contributed by atoms with Crippen LogP contribution in [0.5, 0.6) is 0 Å². The van der Waals surface area contributed by atoms with Crippen molar-refractivity contribution in [3.63, 3.8) is 0 Å². The Morgan fingerprint density at radius 3 is 2.19 bits per heavy atom. The Morgan fingerprint density at radius 2 is 1.48 bits per heavy atom. The molecule has 42 heavy (non-hydrogen) atoms. The molecule has 0 heterocycles. The van der Waals surface area contributed by atoms with Crippen molar-refractivity contribution in [3.8, 4) is 0 Å². The number of rotatable bonds is 9. The van der Waals surface area contributed by atoms with Gasteiger partial charge in [0.15, 0.2) is 0 Å². The molecule has 0 saturated carbocycles. The molecule has 0 radical (unpaired) electrons. The summed E-state index contributed by atoms with van der Waals surface area (Å²) in [4.78, 5) is 40.1. The number of aryl methyl sites for hydroxylation is 1. The van der Waals surface area contributed by atoms with Crippen LogP contribution in [0.3, 0.4) is 0 Å². The molecular weight excluding hydrogens is 589 g/mol. The number of hydrogen-bond donors (Lipinski definition) is 3. The van der Waals surface area contributed by atoms with Gasteiger partial charge in [0.1, 0.15) is 5.70 Å². The van der Waals surface area contributed by atoms with Crippen molar-refractivity contribution in [1.82, 2.24) is 5.32 Å². The van der Waals surface area contributed by atoms with Gasteiger partial charge in [-0.2, -0.15) is 0 Å². The molecule has 214 valence electrons. The van der Waals surface area contributed by atoms with Crippen LogP contribution in [0.2, 0.25) is 10.0 Å². The van der Waals surface area contributed by atoms with Crippen LogP contribution in [0.25, 0.3) is 6.08 Å². The second kappa shape index (κ2) is 14.2. The highest BCUT2D eigenvalue weighted by Crippen LogP contribution is 2.29. The van der Waals surface area contributed by atoms with E-state index in [2.05, 4.69) is 16.0 Å². The van der Waals surface area contributed by atoms with Crippen LogP contribution in [0.1, 0.15) is 34.0 Å². The van der Waals surface area contributed by atoms with Crippen molar-refractivity contribution >= 4 is 70.1 Å². The topological polar surface area (TPSA) is 87.3 Å². The average Bonchev–Trinajstić information content (AvgIpc) is 2.97. The molecule has 1 unspecified atom stereocenters. The van der Waals surface area contributed by atoms with E-state index in [1.54, 1.807) is 66.7 Å². The van der Waals surface area contributed by atoms with E-state index in [0.29, 0.717) is 26.9 Å². The molecule has 9 heteroatoms. The first-order chi connectivity index (χ1) is 20.1. The standard InChI is InChI=1S/C33H29Cl2N3O3S/c1-20-10-7-17-29(21(20)2)37-31(39)22(3)42-25-14-8-13-24(18-25)36-33(41)30(19-26-27(34)15-9-16-28(26)35)38-32(40)23-11-5-4-6-12-23/h4-19,22H,1-3H3,(H,36,41)(H,37,39)(H,38,40)/b30-19+. The summed E-state index contributed by atoms with van der Waals surface area (Å²) < 4.78 is 0. The molecule has 0 aliphatic heterocycles. The molecule has 0 aromatic heterocycles. The first-order valence-corrected chi connectivity index (χ1v) is 14.7. The van der Waals surface area contributed by atoms with Gasteiger partial charge in [-0.25, -0.2) is 0 Å². The molecular formula is C33H29Cl2N3O3S. The Hall–Kier alpha value is -4.04. The Bertz CT molecular complexity index is 1640. The summed E-state index contributed by atoms with van der Waals surface area (Å²) in [6.07, 6.45) is 1.44. The van der Waals surface area contributed by atoms with Gasteiger partial charge < -0.3 is 16.0 Å². The van der Waals surface area contributed by atoms with E-state index in [1.807, 2.05) is 45.0 Å². The Labute approximate surface area is 259 Å². The van der Waals surface area contributed by atoms with E-state index in [0.717, 1.165) is 21.7 Å². The highest BCUT2D eigenvalue weighted by atomic mass is 35.5. The number of benzene rings is 4. The molecule has 6 nitrogen and oxygen atoms in total. The lowest BCUT2D eigenvalue weighted by Crippen LogP contribution is -2.30. The molecule has 0 aliphatic rings. The Balaban J connectivity index is 1.52. The van der Waals surface area contributed by atoms with Crippen LogP contribution in [0.15, 0.2) is 102 Å². The van der Waals surface area contributed by atoms with Crippen molar-refractivity contribution < 1.29 is 14.4 Å². The zero-order chi connectivity index (χ0) is 30.2. The molecule has 0 spiro atoms. The summed E-state index contributed by atoms with van der Waals surface area (Å²) in [6, 6.07) is 26.5. The van der Waals surface area contributed by atoms with Crippen LogP contribution in [-0.4, -0.2) is 23.0 Å². The fourth-order valence-electron chi connectivity index (χ4n) is 3.96. The van der Waals surface area contributed by atoms with E-state index in [-0.39, 0.29) is 11.6 Å². The highest BCUT2D eigenvalue weighted by Gasteiger charge is 2.19. The van der Waals surface area contributed by atoms with Crippen LogP contribution in [0.4, 0.5) is 11.4 Å². The number of hydrogen-bond acceptors (Lipinski definition) is 4. The Morgan fingerprint density at radius 1 is 0.810 bits per heavy atom. The normalized spacial score (nSPS) is 11.9. The fraction of sp³-hybridized carbons (Fsp3) is 0.121. The van der Waals surface area contributed by atoms with Crippen LogP contribution >= 0.6 is 35.0 Å². The third kappa shape index (κ3) is 8.03. The number of nitrogens with one attached hydrogen (secondary N) is 3. The number of halogens is 2. The van der Waals surface area contributed by atoms with Gasteiger partial charge in [0.2, 0.25) is 5.91 Å². The van der Waals surface area contributed by atoms with Crippen molar-refractivity contribution in [2.45, 2.75) is 30.9 Å². The second-order valence-corrected chi connectivity index (χ2v) is 11.7. The monoisotopic (exact) mass is 617 g/mol. The lowest BCUT2D eigenvalue weighted by Gasteiger charge is -2.15. The van der Waals surface area contributed by atoms with Crippen LogP contribution < -0.4 is 16.0 Å². The summed E-state index contributed by atoms with van der Waals surface area (Å²) in [5.74, 6) is -1.17. The average molecular weight is 619 g/mol. The molecule has 4 rings (SSSR count). The third-order valence-electron chi connectivity index (χ3n) is 6.45. The maximum Gasteiger partial charge on any atom is 0.272 e. The van der Waals surface area contributed by atoms with Gasteiger partial charge in [-0.3, -0.25) is 14.4 Å². The quantitative estimate of drug-likeness (QED) is 0.131. The van der Waals surface area contributed by atoms with Crippen molar-refractivity contribution in [2.24, 2.45) is 0 Å². The van der Waals surface area contributed by atoms with Gasteiger partial charge in [-0.05, 0) is 86.5 Å². The van der Waals surface area contributed by atoms with Crippen LogP contribution in [-0.2, 0) is 9.59 Å². The van der Waals surface area contributed by atoms with Crippen molar-refractivity contribution in [3.05, 3.63) is 129 Å². The van der Waals surface area contributed by atoms with Gasteiger partial charge in [0.25, 0.3) is 11.8 Å². The molecule has 4 aromatic carbocycles. The minimum absolute atomic E-state index is 0.0434. The van der Waals surface area contributed by atoms with E-state index in [1.165, 1.54) is 17.8 Å². The van der Waals surface area contributed by atoms with E-state index >= 15 is 0 Å². The van der Waals surface area contributed by atoms with Gasteiger partial charge in [0, 0.05) is 37.4 Å². The fourth-order valence-corrected chi connectivity index (χ4v) is 5.39. The molecule has 0 saturated heterocycles. The molecule has 0 fully saturated rings. The predicted molar refractivity (Wildman–Crippen MR) is 173 cm³/mol. The SMILES string of the molecule is Cc1cccc(NC(=O)C(C)Sc2cccc(NC(=O)/C(=C\c3c(Cl)cccc3Cl)NC(=O)c3ccccc3)c2)c1C. The maximum absolute atomic E-state index is 13.5. The van der Waals surface area contributed by atoms with Gasteiger partial charge >= 0.3 is 0 Å². The lowest BCUT2D eigenvalue weighted by atomic mass is 10.1. The smallest absolute Gasteiger partial charge is 0.272 e. The number of carbonyl (C=O) groups is 3. The second-order valence-electron chi connectivity index (χ2n) is 9.49. The minimum Gasteiger partial charge on any atom is -0.325 e. The molecule has 0 aliphatic carbocycles. The number of amides is 3. The van der Waals surface area contributed by atoms with Crippen LogP contribution in [0, 0.1) is 13.8 Å². The molecule has 0 bridgehead atoms.